The van der Waals surface area contributed by atoms with Gasteiger partial charge in [-0.2, -0.15) is 5.10 Å². The third kappa shape index (κ3) is 3.96. The molecule has 0 aliphatic carbocycles. The molecule has 0 saturated carbocycles. The molecule has 9 heteroatoms. The van der Waals surface area contributed by atoms with E-state index in [1.54, 1.807) is 10.9 Å². The topological polar surface area (TPSA) is 91.5 Å². The molecule has 2 aliphatic rings. The second-order valence-electron chi connectivity index (χ2n) is 8.76. The fourth-order valence-electron chi connectivity index (χ4n) is 4.50. The fourth-order valence-corrected chi connectivity index (χ4v) is 4.50. The van der Waals surface area contributed by atoms with Gasteiger partial charge in [0.2, 0.25) is 0 Å². The van der Waals surface area contributed by atoms with Crippen molar-refractivity contribution in [1.29, 1.82) is 0 Å². The monoisotopic (exact) mass is 423 g/mol. The van der Waals surface area contributed by atoms with Gasteiger partial charge >= 0.3 is 0 Å². The van der Waals surface area contributed by atoms with Crippen LogP contribution in [0.3, 0.4) is 0 Å². The lowest BCUT2D eigenvalue weighted by atomic mass is 9.92. The van der Waals surface area contributed by atoms with Gasteiger partial charge in [-0.05, 0) is 51.2 Å². The summed E-state index contributed by atoms with van der Waals surface area (Å²) in [4.78, 5) is 22.3. The fraction of sp³-hybridized carbons (Fsp3) is 0.500. The Balaban J connectivity index is 1.45. The summed E-state index contributed by atoms with van der Waals surface area (Å²) in [6.45, 7) is 5.81. The van der Waals surface area contributed by atoms with Gasteiger partial charge in [0, 0.05) is 31.9 Å². The van der Waals surface area contributed by atoms with E-state index in [4.69, 9.17) is 0 Å². The maximum absolute atomic E-state index is 13.1. The van der Waals surface area contributed by atoms with Crippen LogP contribution in [0, 0.1) is 0 Å². The minimum absolute atomic E-state index is 0.168. The lowest BCUT2D eigenvalue weighted by molar-refractivity contribution is -0.00627. The Bertz CT molecular complexity index is 1120. The van der Waals surface area contributed by atoms with Gasteiger partial charge < -0.3 is 20.2 Å². The van der Waals surface area contributed by atoms with E-state index in [1.807, 2.05) is 12.1 Å². The summed E-state index contributed by atoms with van der Waals surface area (Å²) in [5, 5.41) is 19.0. The van der Waals surface area contributed by atoms with Crippen molar-refractivity contribution in [2.24, 2.45) is 0 Å². The minimum Gasteiger partial charge on any atom is -0.388 e. The molecule has 2 saturated heterocycles. The molecule has 3 aromatic rings. The van der Waals surface area contributed by atoms with Crippen LogP contribution in [-0.4, -0.2) is 81.3 Å². The van der Waals surface area contributed by atoms with E-state index in [2.05, 4.69) is 44.4 Å². The Morgan fingerprint density at radius 2 is 1.87 bits per heavy atom. The van der Waals surface area contributed by atoms with E-state index in [1.165, 1.54) is 10.9 Å². The quantitative estimate of drug-likeness (QED) is 0.630. The largest absolute Gasteiger partial charge is 0.388 e. The van der Waals surface area contributed by atoms with Gasteiger partial charge in [0.15, 0.2) is 5.65 Å². The third-order valence-corrected chi connectivity index (χ3v) is 6.50. The molecule has 4 heterocycles. The van der Waals surface area contributed by atoms with Gasteiger partial charge in [-0.1, -0.05) is 6.07 Å². The first-order valence-electron chi connectivity index (χ1n) is 10.9. The Morgan fingerprint density at radius 3 is 2.65 bits per heavy atom. The number of likely N-dealkylation sites (N-methyl/N-ethyl adjacent to an activating group) is 1. The van der Waals surface area contributed by atoms with Crippen molar-refractivity contribution in [2.75, 3.05) is 51.2 Å². The molecule has 164 valence electrons. The van der Waals surface area contributed by atoms with Crippen molar-refractivity contribution in [3.05, 3.63) is 47.1 Å². The van der Waals surface area contributed by atoms with E-state index >= 15 is 0 Å². The minimum atomic E-state index is -0.878. The van der Waals surface area contributed by atoms with Crippen LogP contribution in [0.5, 0.6) is 0 Å². The maximum atomic E-state index is 13.1. The number of nitrogens with zero attached hydrogens (tertiary/aromatic N) is 6. The van der Waals surface area contributed by atoms with Crippen LogP contribution in [0.25, 0.3) is 16.7 Å². The number of benzene rings is 1. The van der Waals surface area contributed by atoms with Crippen molar-refractivity contribution < 1.29 is 5.11 Å². The first-order valence-corrected chi connectivity index (χ1v) is 10.9. The molecule has 1 aromatic carbocycles. The number of piperazine rings is 1. The molecule has 0 atom stereocenters. The van der Waals surface area contributed by atoms with Gasteiger partial charge in [-0.3, -0.25) is 9.36 Å². The molecule has 0 spiro atoms. The molecule has 0 bridgehead atoms. The normalized spacial score (nSPS) is 19.7. The lowest BCUT2D eigenvalue weighted by Crippen LogP contribution is -2.46. The highest BCUT2D eigenvalue weighted by Crippen LogP contribution is 2.23. The van der Waals surface area contributed by atoms with Gasteiger partial charge in [-0.15, -0.1) is 0 Å². The Kier molecular flexibility index (Phi) is 5.25. The number of nitrogens with one attached hydrogen (secondary N) is 1. The van der Waals surface area contributed by atoms with Crippen molar-refractivity contribution in [3.63, 3.8) is 0 Å². The highest BCUT2D eigenvalue weighted by molar-refractivity contribution is 5.75. The first kappa shape index (κ1) is 20.2. The molecule has 0 unspecified atom stereocenters. The number of aromatic nitrogens is 4. The molecule has 5 rings (SSSR count). The van der Waals surface area contributed by atoms with Gasteiger partial charge in [-0.25, -0.2) is 9.67 Å². The van der Waals surface area contributed by atoms with E-state index in [-0.39, 0.29) is 12.1 Å². The van der Waals surface area contributed by atoms with Crippen LogP contribution in [0.15, 0.2) is 41.6 Å². The zero-order valence-corrected chi connectivity index (χ0v) is 17.9. The number of anilines is 1. The van der Waals surface area contributed by atoms with Gasteiger partial charge in [0.05, 0.1) is 24.0 Å². The summed E-state index contributed by atoms with van der Waals surface area (Å²) in [7, 11) is 2.14. The van der Waals surface area contributed by atoms with E-state index in [9.17, 15) is 9.90 Å². The molecule has 9 nitrogen and oxygen atoms in total. The highest BCUT2D eigenvalue weighted by atomic mass is 16.3. The summed E-state index contributed by atoms with van der Waals surface area (Å²) < 4.78 is 3.24. The second-order valence-corrected chi connectivity index (χ2v) is 8.76. The van der Waals surface area contributed by atoms with Crippen molar-refractivity contribution in [2.45, 2.75) is 25.0 Å². The van der Waals surface area contributed by atoms with Crippen molar-refractivity contribution >= 4 is 16.7 Å². The van der Waals surface area contributed by atoms with Crippen molar-refractivity contribution in [1.82, 2.24) is 29.5 Å². The van der Waals surface area contributed by atoms with Crippen LogP contribution >= 0.6 is 0 Å². The average Bonchev–Trinajstić information content (AvgIpc) is 3.22. The number of aliphatic hydroxyl groups is 1. The standard InChI is InChI=1S/C22H29N7O2/c1-26-9-11-27(12-10-26)17-3-2-4-18(13-17)29-20-19(14-25-29)21(30)28(16-24-20)15-22(31)5-7-23-8-6-22/h2-4,13-14,16,23,31H,5-12,15H2,1H3. The number of rotatable bonds is 4. The smallest absolute Gasteiger partial charge is 0.264 e. The summed E-state index contributed by atoms with van der Waals surface area (Å²) in [5.41, 5.74) is 1.52. The molecule has 2 fully saturated rings. The Labute approximate surface area is 180 Å². The lowest BCUT2D eigenvalue weighted by Gasteiger charge is -2.34. The van der Waals surface area contributed by atoms with Crippen LogP contribution in [0.2, 0.25) is 0 Å². The summed E-state index contributed by atoms with van der Waals surface area (Å²) in [6, 6.07) is 8.21. The second kappa shape index (κ2) is 8.07. The molecular weight excluding hydrogens is 394 g/mol. The Hall–Kier alpha value is -2.75. The molecular formula is C22H29N7O2. The number of piperidine rings is 1. The van der Waals surface area contributed by atoms with E-state index in [0.29, 0.717) is 23.9 Å². The molecule has 2 aliphatic heterocycles. The molecule has 0 amide bonds. The third-order valence-electron chi connectivity index (χ3n) is 6.50. The zero-order valence-electron chi connectivity index (χ0n) is 17.9. The number of hydrogen-bond donors (Lipinski definition) is 2. The molecule has 2 aromatic heterocycles. The predicted molar refractivity (Wildman–Crippen MR) is 120 cm³/mol. The van der Waals surface area contributed by atoms with Crippen LogP contribution < -0.4 is 15.8 Å². The number of hydrogen-bond acceptors (Lipinski definition) is 7. The van der Waals surface area contributed by atoms with Gasteiger partial charge in [0.25, 0.3) is 5.56 Å². The average molecular weight is 424 g/mol. The molecule has 2 N–H and O–H groups in total. The SMILES string of the molecule is CN1CCN(c2cccc(-n3ncc4c(=O)n(CC5(O)CCNCC5)cnc43)c2)CC1. The zero-order chi connectivity index (χ0) is 21.4. The van der Waals surface area contributed by atoms with Crippen LogP contribution in [-0.2, 0) is 6.54 Å². The van der Waals surface area contributed by atoms with E-state index < -0.39 is 5.60 Å². The first-order chi connectivity index (χ1) is 15.0. The van der Waals surface area contributed by atoms with Crippen LogP contribution in [0.4, 0.5) is 5.69 Å². The summed E-state index contributed by atoms with van der Waals surface area (Å²) in [6.07, 6.45) is 4.36. The van der Waals surface area contributed by atoms with Crippen LogP contribution in [0.1, 0.15) is 12.8 Å². The highest BCUT2D eigenvalue weighted by Gasteiger charge is 2.30. The van der Waals surface area contributed by atoms with Crippen molar-refractivity contribution in [3.8, 4) is 5.69 Å². The number of fused-ring (bicyclic) bond motifs is 1. The molecule has 31 heavy (non-hydrogen) atoms. The summed E-state index contributed by atoms with van der Waals surface area (Å²) >= 11 is 0. The summed E-state index contributed by atoms with van der Waals surface area (Å²) in [5.74, 6) is 0. The maximum Gasteiger partial charge on any atom is 0.264 e. The molecule has 0 radical (unpaired) electrons. The van der Waals surface area contributed by atoms with Gasteiger partial charge in [0.1, 0.15) is 11.7 Å². The Morgan fingerprint density at radius 1 is 1.13 bits per heavy atom. The predicted octanol–water partition coefficient (Wildman–Crippen LogP) is 0.449. The van der Waals surface area contributed by atoms with E-state index in [0.717, 1.165) is 50.6 Å².